The molecule has 6 nitrogen and oxygen atoms in total. The Morgan fingerprint density at radius 2 is 1.76 bits per heavy atom. The van der Waals surface area contributed by atoms with Crippen molar-refractivity contribution in [2.45, 2.75) is 12.8 Å². The molecule has 0 spiro atoms. The van der Waals surface area contributed by atoms with Crippen molar-refractivity contribution in [1.29, 1.82) is 0 Å². The van der Waals surface area contributed by atoms with Gasteiger partial charge in [0.05, 0.1) is 27.9 Å². The molecule has 1 fully saturated rings. The zero-order valence-corrected chi connectivity index (χ0v) is 12.7. The third-order valence-electron chi connectivity index (χ3n) is 3.40. The van der Waals surface area contributed by atoms with Crippen LogP contribution in [-0.4, -0.2) is 40.3 Å². The molecule has 0 unspecified atom stereocenters. The second kappa shape index (κ2) is 7.06. The molecule has 0 radical (unpaired) electrons. The molecule has 2 rings (SSSR count). The standard InChI is InChI=1S/C15H22N2O4/c1-19-12-6-11(7-13(20-2)15(12)21-3)16-9-14(18)17-8-10-4-5-10/h6-7,10,16H,4-5,8-9H2,1-3H3,(H,17,18). The summed E-state index contributed by atoms with van der Waals surface area (Å²) < 4.78 is 15.8. The molecule has 0 aromatic heterocycles. The summed E-state index contributed by atoms with van der Waals surface area (Å²) in [7, 11) is 4.67. The number of benzene rings is 1. The van der Waals surface area contributed by atoms with Gasteiger partial charge in [-0.25, -0.2) is 0 Å². The number of carbonyl (C=O) groups excluding carboxylic acids is 1. The number of carbonyl (C=O) groups is 1. The highest BCUT2D eigenvalue weighted by Gasteiger charge is 2.21. The Bertz CT molecular complexity index is 475. The van der Waals surface area contributed by atoms with Crippen molar-refractivity contribution in [2.24, 2.45) is 5.92 Å². The first kappa shape index (κ1) is 15.3. The Morgan fingerprint density at radius 3 is 2.24 bits per heavy atom. The maximum Gasteiger partial charge on any atom is 0.239 e. The van der Waals surface area contributed by atoms with Crippen LogP contribution in [0.3, 0.4) is 0 Å². The first-order chi connectivity index (χ1) is 10.2. The lowest BCUT2D eigenvalue weighted by atomic mass is 10.2. The van der Waals surface area contributed by atoms with Crippen molar-refractivity contribution in [3.05, 3.63) is 12.1 Å². The normalized spacial score (nSPS) is 13.5. The summed E-state index contributed by atoms with van der Waals surface area (Å²) in [5.41, 5.74) is 0.742. The van der Waals surface area contributed by atoms with Crippen LogP contribution in [0.2, 0.25) is 0 Å². The number of hydrogen-bond donors (Lipinski definition) is 2. The molecule has 0 atom stereocenters. The van der Waals surface area contributed by atoms with Gasteiger partial charge in [0.2, 0.25) is 11.7 Å². The molecular weight excluding hydrogens is 272 g/mol. The highest BCUT2D eigenvalue weighted by atomic mass is 16.5. The van der Waals surface area contributed by atoms with Gasteiger partial charge in [-0.1, -0.05) is 0 Å². The van der Waals surface area contributed by atoms with Crippen molar-refractivity contribution in [3.63, 3.8) is 0 Å². The Kier molecular flexibility index (Phi) is 5.14. The Balaban J connectivity index is 1.96. The van der Waals surface area contributed by atoms with Crippen molar-refractivity contribution < 1.29 is 19.0 Å². The smallest absolute Gasteiger partial charge is 0.239 e. The quantitative estimate of drug-likeness (QED) is 0.763. The SMILES string of the molecule is COc1cc(NCC(=O)NCC2CC2)cc(OC)c1OC. The molecule has 116 valence electrons. The van der Waals surface area contributed by atoms with Gasteiger partial charge in [0.15, 0.2) is 11.5 Å². The fraction of sp³-hybridized carbons (Fsp3) is 0.533. The largest absolute Gasteiger partial charge is 0.493 e. The van der Waals surface area contributed by atoms with Gasteiger partial charge < -0.3 is 24.8 Å². The number of rotatable bonds is 8. The third-order valence-corrected chi connectivity index (χ3v) is 3.40. The fourth-order valence-electron chi connectivity index (χ4n) is 2.01. The molecule has 1 aromatic carbocycles. The van der Waals surface area contributed by atoms with E-state index in [0.29, 0.717) is 23.2 Å². The Morgan fingerprint density at radius 1 is 1.14 bits per heavy atom. The van der Waals surface area contributed by atoms with Gasteiger partial charge in [-0.2, -0.15) is 0 Å². The Labute approximate surface area is 124 Å². The maximum absolute atomic E-state index is 11.7. The summed E-state index contributed by atoms with van der Waals surface area (Å²) in [6.07, 6.45) is 2.45. The van der Waals surface area contributed by atoms with E-state index in [-0.39, 0.29) is 12.5 Å². The summed E-state index contributed by atoms with van der Waals surface area (Å²) >= 11 is 0. The number of nitrogens with one attached hydrogen (secondary N) is 2. The van der Waals surface area contributed by atoms with Crippen molar-refractivity contribution >= 4 is 11.6 Å². The summed E-state index contributed by atoms with van der Waals surface area (Å²) in [5.74, 6) is 2.30. The zero-order chi connectivity index (χ0) is 15.2. The lowest BCUT2D eigenvalue weighted by Gasteiger charge is -2.15. The van der Waals surface area contributed by atoms with Crippen LogP contribution >= 0.6 is 0 Å². The molecule has 0 bridgehead atoms. The lowest BCUT2D eigenvalue weighted by Crippen LogP contribution is -2.31. The van der Waals surface area contributed by atoms with Crippen LogP contribution in [0, 0.1) is 5.92 Å². The van der Waals surface area contributed by atoms with Crippen molar-refractivity contribution in [2.75, 3.05) is 39.7 Å². The minimum absolute atomic E-state index is 0.0179. The van der Waals surface area contributed by atoms with E-state index in [1.807, 2.05) is 0 Å². The molecule has 0 saturated heterocycles. The predicted molar refractivity (Wildman–Crippen MR) is 80.3 cm³/mol. The van der Waals surface area contributed by atoms with E-state index in [4.69, 9.17) is 14.2 Å². The van der Waals surface area contributed by atoms with Crippen molar-refractivity contribution in [3.8, 4) is 17.2 Å². The van der Waals surface area contributed by atoms with Crippen LogP contribution in [0.1, 0.15) is 12.8 Å². The van der Waals surface area contributed by atoms with Gasteiger partial charge in [-0.15, -0.1) is 0 Å². The van der Waals surface area contributed by atoms with E-state index >= 15 is 0 Å². The highest BCUT2D eigenvalue weighted by Crippen LogP contribution is 2.39. The molecule has 1 aliphatic rings. The molecule has 2 N–H and O–H groups in total. The lowest BCUT2D eigenvalue weighted by molar-refractivity contribution is -0.119. The summed E-state index contributed by atoms with van der Waals surface area (Å²) in [6.45, 7) is 0.987. The number of ether oxygens (including phenoxy) is 3. The first-order valence-electron chi connectivity index (χ1n) is 6.98. The molecular formula is C15H22N2O4. The second-order valence-corrected chi connectivity index (χ2v) is 5.02. The number of anilines is 1. The monoisotopic (exact) mass is 294 g/mol. The average Bonchev–Trinajstić information content (AvgIpc) is 3.33. The molecule has 1 aromatic rings. The maximum atomic E-state index is 11.7. The summed E-state index contributed by atoms with van der Waals surface area (Å²) in [6, 6.07) is 3.55. The summed E-state index contributed by atoms with van der Waals surface area (Å²) in [5, 5.41) is 5.97. The van der Waals surface area contributed by atoms with Gasteiger partial charge in [-0.05, 0) is 18.8 Å². The van der Waals surface area contributed by atoms with E-state index in [0.717, 1.165) is 12.2 Å². The number of amides is 1. The number of methoxy groups -OCH3 is 3. The van der Waals surface area contributed by atoms with E-state index in [2.05, 4.69) is 10.6 Å². The average molecular weight is 294 g/mol. The molecule has 1 amide bonds. The second-order valence-electron chi connectivity index (χ2n) is 5.02. The molecule has 1 saturated carbocycles. The van der Waals surface area contributed by atoms with Gasteiger partial charge >= 0.3 is 0 Å². The minimum atomic E-state index is -0.0179. The fourth-order valence-corrected chi connectivity index (χ4v) is 2.01. The topological polar surface area (TPSA) is 68.8 Å². The molecule has 0 aliphatic heterocycles. The minimum Gasteiger partial charge on any atom is -0.493 e. The van der Waals surface area contributed by atoms with Crippen LogP contribution in [0.4, 0.5) is 5.69 Å². The van der Waals surface area contributed by atoms with Gasteiger partial charge in [-0.3, -0.25) is 4.79 Å². The van der Waals surface area contributed by atoms with E-state index in [9.17, 15) is 4.79 Å². The highest BCUT2D eigenvalue weighted by molar-refractivity contribution is 5.81. The van der Waals surface area contributed by atoms with Crippen LogP contribution in [0.25, 0.3) is 0 Å². The van der Waals surface area contributed by atoms with E-state index < -0.39 is 0 Å². The van der Waals surface area contributed by atoms with E-state index in [1.165, 1.54) is 12.8 Å². The predicted octanol–water partition coefficient (Wildman–Crippen LogP) is 1.65. The van der Waals surface area contributed by atoms with Gasteiger partial charge in [0.1, 0.15) is 0 Å². The van der Waals surface area contributed by atoms with Gasteiger partial charge in [0, 0.05) is 24.4 Å². The first-order valence-corrected chi connectivity index (χ1v) is 6.98. The summed E-state index contributed by atoms with van der Waals surface area (Å²) in [4.78, 5) is 11.7. The molecule has 6 heteroatoms. The third kappa shape index (κ3) is 4.18. The molecule has 1 aliphatic carbocycles. The molecule has 0 heterocycles. The number of hydrogen-bond acceptors (Lipinski definition) is 5. The Hall–Kier alpha value is -2.11. The van der Waals surface area contributed by atoms with Crippen LogP contribution < -0.4 is 24.8 Å². The van der Waals surface area contributed by atoms with E-state index in [1.54, 1.807) is 33.5 Å². The van der Waals surface area contributed by atoms with Crippen LogP contribution in [-0.2, 0) is 4.79 Å². The molecule has 21 heavy (non-hydrogen) atoms. The zero-order valence-electron chi connectivity index (χ0n) is 12.7. The van der Waals surface area contributed by atoms with Gasteiger partial charge in [0.25, 0.3) is 0 Å². The van der Waals surface area contributed by atoms with Crippen molar-refractivity contribution in [1.82, 2.24) is 5.32 Å². The van der Waals surface area contributed by atoms with Crippen LogP contribution in [0.15, 0.2) is 12.1 Å². The van der Waals surface area contributed by atoms with Crippen LogP contribution in [0.5, 0.6) is 17.2 Å².